The van der Waals surface area contributed by atoms with E-state index < -0.39 is 200 Å². The number of carboxylic acid groups (broad SMARTS) is 1. The Morgan fingerprint density at radius 3 is 1.77 bits per heavy atom. The highest BCUT2D eigenvalue weighted by molar-refractivity contribution is 5.73. The van der Waals surface area contributed by atoms with Crippen LogP contribution in [0.2, 0.25) is 0 Å². The molecule has 482 valence electrons. The summed E-state index contributed by atoms with van der Waals surface area (Å²) in [6.45, 7) is 13.4. The molecule has 0 spiro atoms. The molecule has 9 rings (SSSR count). The highest BCUT2D eigenvalue weighted by Gasteiger charge is 2.73. The summed E-state index contributed by atoms with van der Waals surface area (Å²) in [5.41, 5.74) is -3.07. The summed E-state index contributed by atoms with van der Waals surface area (Å²) < 4.78 is 55.1. The summed E-state index contributed by atoms with van der Waals surface area (Å²) in [5.74, 6) is -2.81. The van der Waals surface area contributed by atoms with Gasteiger partial charge in [0.2, 0.25) is 0 Å². The van der Waals surface area contributed by atoms with Gasteiger partial charge in [-0.3, -0.25) is 4.79 Å². The van der Waals surface area contributed by atoms with Gasteiger partial charge in [0.05, 0.1) is 50.7 Å². The molecule has 30 atom stereocenters. The lowest BCUT2D eigenvalue weighted by atomic mass is 9.33. The molecular weight excluding hydrogens is 1110 g/mol. The Morgan fingerprint density at radius 2 is 1.21 bits per heavy atom. The number of carbonyl (C=O) groups excluding carboxylic acids is 1. The summed E-state index contributed by atoms with van der Waals surface area (Å²) in [4.78, 5) is 26.9. The zero-order valence-electron chi connectivity index (χ0n) is 49.2. The van der Waals surface area contributed by atoms with Crippen molar-refractivity contribution >= 4 is 11.9 Å². The Bertz CT molecular complexity index is 2340. The topological polar surface area (TPSA) is 421 Å². The van der Waals surface area contributed by atoms with Gasteiger partial charge in [-0.25, -0.2) is 4.79 Å². The highest BCUT2D eigenvalue weighted by atomic mass is 16.8. The standard InChI is InChI=1S/C58H94O26/c1-24(2)15-35(65)79-34-18-57(8)25(26-16-53(3,4)17-32(64)58(26,34)23-62)9-10-31-54(5)13-12-33(55(6,22-61)30(54)11-14-56(31,57)7)80-52-47(84-50-42(72)40(70)38(68)29(20-60)78-50)44(43(73)45(82-52)48(74)75)81-51-46(36(66)27(63)21-76-51)83-49-41(71)39(69)37(67)28(19-59)77-49/h9,24,26-34,36-47,49-52,59-64,66-73H,10-23H2,1-8H3,(H,74,75)/t26-,27-,28+,29+,30+,31+,32-,33-,34+,36-,37?,38-,39-,40-,41+,42+,43-,44-,45-,46+,47+,49?,50-,51-,52+,54-,55-,56+,57+,58+/m0/s1. The molecule has 4 aliphatic heterocycles. The van der Waals surface area contributed by atoms with Crippen LogP contribution in [-0.4, -0.2) is 257 Å². The molecule has 0 radical (unpaired) electrons. The van der Waals surface area contributed by atoms with Gasteiger partial charge in [0.1, 0.15) is 91.6 Å². The molecule has 84 heavy (non-hydrogen) atoms. The average molecular weight is 1210 g/mol. The van der Waals surface area contributed by atoms with Crippen molar-refractivity contribution in [3.05, 3.63) is 11.6 Å². The summed E-state index contributed by atoms with van der Waals surface area (Å²) in [5, 5.41) is 165. The van der Waals surface area contributed by atoms with Gasteiger partial charge in [-0.1, -0.05) is 67.0 Å². The molecule has 2 unspecified atom stereocenters. The number of ether oxygens (including phenoxy) is 9. The zero-order valence-corrected chi connectivity index (χ0v) is 49.2. The summed E-state index contributed by atoms with van der Waals surface area (Å²) in [6.07, 6.45) is -33.3. The van der Waals surface area contributed by atoms with E-state index in [2.05, 4.69) is 40.7 Å². The number of hydrogen-bond acceptors (Lipinski definition) is 25. The fourth-order valence-electron chi connectivity index (χ4n) is 17.3. The first kappa shape index (κ1) is 66.2. The molecule has 0 aromatic rings. The zero-order chi connectivity index (χ0) is 61.7. The smallest absolute Gasteiger partial charge is 0.335 e. The largest absolute Gasteiger partial charge is 0.479 e. The van der Waals surface area contributed by atoms with Crippen LogP contribution in [0.5, 0.6) is 0 Å². The number of carboxylic acids is 1. The number of rotatable bonds is 16. The quantitative estimate of drug-likeness (QED) is 0.0438. The number of fused-ring (bicyclic) bond motifs is 7. The normalized spacial score (nSPS) is 52.0. The van der Waals surface area contributed by atoms with E-state index in [9.17, 15) is 86.2 Å². The van der Waals surface area contributed by atoms with Crippen LogP contribution in [0.3, 0.4) is 0 Å². The summed E-state index contributed by atoms with van der Waals surface area (Å²) >= 11 is 0. The molecule has 0 aromatic heterocycles. The van der Waals surface area contributed by atoms with Crippen LogP contribution in [0, 0.1) is 56.2 Å². The number of aliphatic hydroxyl groups excluding tert-OH is 14. The van der Waals surface area contributed by atoms with Gasteiger partial charge < -0.3 is 119 Å². The Kier molecular flexibility index (Phi) is 19.3. The number of allylic oxidation sites excluding steroid dienone is 2. The predicted octanol–water partition coefficient (Wildman–Crippen LogP) is -2.32. The van der Waals surface area contributed by atoms with Crippen LogP contribution in [0.4, 0.5) is 0 Å². The number of aliphatic hydroxyl groups is 14. The van der Waals surface area contributed by atoms with Crippen molar-refractivity contribution in [1.29, 1.82) is 0 Å². The van der Waals surface area contributed by atoms with Crippen LogP contribution in [-0.2, 0) is 52.2 Å². The van der Waals surface area contributed by atoms with Gasteiger partial charge >= 0.3 is 11.9 Å². The van der Waals surface area contributed by atoms with Crippen LogP contribution >= 0.6 is 0 Å². The lowest BCUT2D eigenvalue weighted by Gasteiger charge is -2.72. The van der Waals surface area contributed by atoms with Crippen LogP contribution in [0.15, 0.2) is 11.6 Å². The van der Waals surface area contributed by atoms with E-state index in [0.717, 1.165) is 5.57 Å². The lowest BCUT2D eigenvalue weighted by molar-refractivity contribution is -0.401. The first-order chi connectivity index (χ1) is 39.3. The van der Waals surface area contributed by atoms with E-state index in [-0.39, 0.29) is 48.5 Å². The maximum atomic E-state index is 13.7. The van der Waals surface area contributed by atoms with Gasteiger partial charge in [0, 0.05) is 11.8 Å². The lowest BCUT2D eigenvalue weighted by Crippen LogP contribution is -2.70. The van der Waals surface area contributed by atoms with Crippen molar-refractivity contribution < 1.29 is 129 Å². The fraction of sp³-hybridized carbons (Fsp3) is 0.931. The molecule has 26 nitrogen and oxygen atoms in total. The molecule has 5 aliphatic carbocycles. The minimum Gasteiger partial charge on any atom is -0.479 e. The van der Waals surface area contributed by atoms with E-state index in [1.807, 2.05) is 20.8 Å². The van der Waals surface area contributed by atoms with E-state index in [1.165, 1.54) is 0 Å². The van der Waals surface area contributed by atoms with E-state index >= 15 is 0 Å². The Labute approximate surface area is 488 Å². The highest BCUT2D eigenvalue weighted by Crippen LogP contribution is 2.76. The molecule has 26 heteroatoms. The second kappa shape index (κ2) is 24.5. The molecule has 0 amide bonds. The van der Waals surface area contributed by atoms with E-state index in [1.54, 1.807) is 0 Å². The summed E-state index contributed by atoms with van der Waals surface area (Å²) in [7, 11) is 0. The molecule has 8 fully saturated rings. The number of aliphatic carboxylic acids is 1. The van der Waals surface area contributed by atoms with Gasteiger partial charge in [0.25, 0.3) is 0 Å². The van der Waals surface area contributed by atoms with Gasteiger partial charge in [-0.05, 0) is 96.7 Å². The van der Waals surface area contributed by atoms with Crippen LogP contribution in [0.1, 0.15) is 113 Å². The minimum absolute atomic E-state index is 0.00570. The third-order valence-corrected chi connectivity index (χ3v) is 22.1. The maximum Gasteiger partial charge on any atom is 0.335 e. The third-order valence-electron chi connectivity index (χ3n) is 22.1. The van der Waals surface area contributed by atoms with Gasteiger partial charge in [-0.15, -0.1) is 0 Å². The van der Waals surface area contributed by atoms with Gasteiger partial charge in [-0.2, -0.15) is 0 Å². The van der Waals surface area contributed by atoms with Gasteiger partial charge in [0.15, 0.2) is 31.3 Å². The molecule has 4 saturated carbocycles. The Hall–Kier alpha value is -2.20. The molecule has 0 bridgehead atoms. The predicted molar refractivity (Wildman–Crippen MR) is 285 cm³/mol. The van der Waals surface area contributed by atoms with Crippen molar-refractivity contribution in [1.82, 2.24) is 0 Å². The second-order valence-electron chi connectivity index (χ2n) is 28.0. The second-order valence-corrected chi connectivity index (χ2v) is 28.0. The number of carbonyl (C=O) groups is 2. The van der Waals surface area contributed by atoms with Crippen molar-refractivity contribution in [2.45, 2.75) is 248 Å². The first-order valence-electron chi connectivity index (χ1n) is 29.9. The number of hydrogen-bond donors (Lipinski definition) is 15. The van der Waals surface area contributed by atoms with E-state index in [4.69, 9.17) is 42.6 Å². The van der Waals surface area contributed by atoms with Crippen molar-refractivity contribution in [3.8, 4) is 0 Å². The van der Waals surface area contributed by atoms with Crippen molar-refractivity contribution in [2.24, 2.45) is 56.2 Å². The van der Waals surface area contributed by atoms with Crippen LogP contribution in [0.25, 0.3) is 0 Å². The Balaban J connectivity index is 1.06. The SMILES string of the molecule is CC(C)CC(=O)O[C@@H]1C[C@]2(C)C(=CC[C@@H]3[C@@]4(C)CC[C@H](O[C@@H]5O[C@H](C(=O)O)[C@@H](O)[C@H](O[C@@H]6OC[C@H](O)[C@H](O)[C@H]6OC6O[C@H](CO)C(O)[C@H](O)[C@H]6O)[C@H]5O[C@@H]5O[C@H](CO)[C@H](O)[C@H](O)[C@H]5O)[C@@](C)(CO)[C@@H]4CC[C@]32C)[C@@H]2CC(C)(C)C[C@H](O)[C@]12CO. The Morgan fingerprint density at radius 1 is 0.619 bits per heavy atom. The monoisotopic (exact) mass is 1210 g/mol. The molecule has 15 N–H and O–H groups in total. The number of esters is 1. The van der Waals surface area contributed by atoms with E-state index in [0.29, 0.717) is 44.9 Å². The summed E-state index contributed by atoms with van der Waals surface area (Å²) in [6, 6.07) is 0. The fourth-order valence-corrected chi connectivity index (χ4v) is 17.3. The van der Waals surface area contributed by atoms with Crippen LogP contribution < -0.4 is 0 Å². The molecule has 0 aromatic carbocycles. The molecule has 9 aliphatic rings. The maximum absolute atomic E-state index is 13.7. The first-order valence-corrected chi connectivity index (χ1v) is 29.9. The average Bonchev–Trinajstić information content (AvgIpc) is 0.692. The third kappa shape index (κ3) is 11.0. The van der Waals surface area contributed by atoms with Crippen molar-refractivity contribution in [3.63, 3.8) is 0 Å². The molecule has 4 saturated heterocycles. The molecule has 4 heterocycles. The minimum atomic E-state index is -2.28. The van der Waals surface area contributed by atoms with Crippen molar-refractivity contribution in [2.75, 3.05) is 33.0 Å². The molecular formula is C58H94O26.